The summed E-state index contributed by atoms with van der Waals surface area (Å²) in [4.78, 5) is 12.4. The summed E-state index contributed by atoms with van der Waals surface area (Å²) in [5.41, 5.74) is 1.54. The van der Waals surface area contributed by atoms with Crippen molar-refractivity contribution in [1.29, 1.82) is 0 Å². The topological polar surface area (TPSA) is 102 Å². The number of hydrogen-bond acceptors (Lipinski definition) is 7. The van der Waals surface area contributed by atoms with E-state index in [9.17, 15) is 18.5 Å². The lowest BCUT2D eigenvalue weighted by molar-refractivity contribution is -0.384. The van der Waals surface area contributed by atoms with Crippen molar-refractivity contribution in [3.63, 3.8) is 0 Å². The number of nitrogens with zero attached hydrogens (tertiary/aromatic N) is 3. The molecule has 0 N–H and O–H groups in total. The van der Waals surface area contributed by atoms with Crippen LogP contribution in [0.2, 0.25) is 0 Å². The Balaban J connectivity index is 1.57. The lowest BCUT2D eigenvalue weighted by Gasteiger charge is -2.34. The normalized spacial score (nSPS) is 15.7. The van der Waals surface area contributed by atoms with E-state index in [0.717, 1.165) is 5.56 Å². The molecule has 3 rings (SSSR count). The van der Waals surface area contributed by atoms with Gasteiger partial charge in [-0.2, -0.15) is 4.31 Å². The van der Waals surface area contributed by atoms with Gasteiger partial charge in [-0.05, 0) is 23.3 Å². The molecule has 0 radical (unpaired) electrons. The van der Waals surface area contributed by atoms with Crippen LogP contribution in [0.4, 0.5) is 5.69 Å². The van der Waals surface area contributed by atoms with Crippen LogP contribution < -0.4 is 9.47 Å². The predicted octanol–water partition coefficient (Wildman–Crippen LogP) is 2.26. The maximum absolute atomic E-state index is 12.7. The molecule has 0 amide bonds. The second-order valence-corrected chi connectivity index (χ2v) is 9.01. The summed E-state index contributed by atoms with van der Waals surface area (Å²) < 4.78 is 37.5. The zero-order valence-corrected chi connectivity index (χ0v) is 17.8. The monoisotopic (exact) mass is 435 g/mol. The number of methoxy groups -OCH3 is 2. The highest BCUT2D eigenvalue weighted by Crippen LogP contribution is 2.28. The van der Waals surface area contributed by atoms with Crippen LogP contribution >= 0.6 is 0 Å². The smallest absolute Gasteiger partial charge is 0.269 e. The standard InChI is InChI=1S/C20H25N3O6S/c1-28-19-8-5-17(13-20(19)29-2)14-21-9-11-22(12-10-21)30(26,27)15-16-3-6-18(7-4-16)23(24)25/h3-8,13H,9-12,14-15H2,1-2H3. The average molecular weight is 436 g/mol. The van der Waals surface area contributed by atoms with Gasteiger partial charge in [-0.1, -0.05) is 18.2 Å². The van der Waals surface area contributed by atoms with E-state index in [1.165, 1.54) is 28.6 Å². The Kier molecular flexibility index (Phi) is 6.91. The van der Waals surface area contributed by atoms with Crippen molar-refractivity contribution >= 4 is 15.7 Å². The van der Waals surface area contributed by atoms with E-state index in [1.54, 1.807) is 14.2 Å². The van der Waals surface area contributed by atoms with Crippen molar-refractivity contribution in [2.24, 2.45) is 0 Å². The highest BCUT2D eigenvalue weighted by atomic mass is 32.2. The molecule has 0 unspecified atom stereocenters. The zero-order valence-electron chi connectivity index (χ0n) is 17.0. The average Bonchev–Trinajstić information content (AvgIpc) is 2.74. The third-order valence-corrected chi connectivity index (χ3v) is 6.93. The van der Waals surface area contributed by atoms with Crippen molar-refractivity contribution in [1.82, 2.24) is 9.21 Å². The molecule has 1 aliphatic heterocycles. The van der Waals surface area contributed by atoms with Crippen molar-refractivity contribution < 1.29 is 22.8 Å². The minimum atomic E-state index is -3.49. The molecule has 1 fully saturated rings. The first-order chi connectivity index (χ1) is 14.3. The maximum atomic E-state index is 12.7. The summed E-state index contributed by atoms with van der Waals surface area (Å²) in [6, 6.07) is 11.4. The fraction of sp³-hybridized carbons (Fsp3) is 0.400. The van der Waals surface area contributed by atoms with Gasteiger partial charge in [0.15, 0.2) is 11.5 Å². The van der Waals surface area contributed by atoms with E-state index >= 15 is 0 Å². The van der Waals surface area contributed by atoms with E-state index in [1.807, 2.05) is 18.2 Å². The Labute approximate surface area is 176 Å². The fourth-order valence-corrected chi connectivity index (χ4v) is 4.93. The van der Waals surface area contributed by atoms with Gasteiger partial charge in [-0.3, -0.25) is 15.0 Å². The van der Waals surface area contributed by atoms with Crippen LogP contribution in [-0.2, 0) is 22.3 Å². The van der Waals surface area contributed by atoms with Gasteiger partial charge in [0, 0.05) is 44.9 Å². The molecule has 2 aromatic rings. The van der Waals surface area contributed by atoms with E-state index in [4.69, 9.17) is 9.47 Å². The number of non-ortho nitro benzene ring substituents is 1. The van der Waals surface area contributed by atoms with Crippen molar-refractivity contribution in [3.05, 3.63) is 63.7 Å². The molecule has 0 spiro atoms. The number of nitro benzene ring substituents is 1. The van der Waals surface area contributed by atoms with Gasteiger partial charge in [0.2, 0.25) is 10.0 Å². The minimum absolute atomic E-state index is 0.0556. The molecular formula is C20H25N3O6S. The minimum Gasteiger partial charge on any atom is -0.493 e. The first-order valence-corrected chi connectivity index (χ1v) is 11.1. The third-order valence-electron chi connectivity index (χ3n) is 5.08. The van der Waals surface area contributed by atoms with E-state index < -0.39 is 14.9 Å². The molecule has 2 aromatic carbocycles. The molecule has 162 valence electrons. The number of ether oxygens (including phenoxy) is 2. The van der Waals surface area contributed by atoms with Crippen LogP contribution in [0.15, 0.2) is 42.5 Å². The summed E-state index contributed by atoms with van der Waals surface area (Å²) in [5.74, 6) is 1.17. The Bertz CT molecular complexity index is 986. The fourth-order valence-electron chi connectivity index (χ4n) is 3.42. The molecule has 1 aliphatic rings. The van der Waals surface area contributed by atoms with Crippen LogP contribution in [-0.4, -0.2) is 62.9 Å². The molecule has 0 aliphatic carbocycles. The van der Waals surface area contributed by atoms with Crippen LogP contribution in [0.25, 0.3) is 0 Å². The van der Waals surface area contributed by atoms with E-state index in [-0.39, 0.29) is 11.4 Å². The van der Waals surface area contributed by atoms with Crippen molar-refractivity contribution in [2.45, 2.75) is 12.3 Å². The van der Waals surface area contributed by atoms with Gasteiger partial charge in [0.1, 0.15) is 0 Å². The number of benzene rings is 2. The van der Waals surface area contributed by atoms with Crippen LogP contribution in [0.5, 0.6) is 11.5 Å². The molecule has 9 nitrogen and oxygen atoms in total. The molecule has 1 heterocycles. The highest BCUT2D eigenvalue weighted by molar-refractivity contribution is 7.88. The molecule has 30 heavy (non-hydrogen) atoms. The molecule has 0 saturated carbocycles. The Morgan fingerprint density at radius 3 is 2.10 bits per heavy atom. The quantitative estimate of drug-likeness (QED) is 0.463. The zero-order chi connectivity index (χ0) is 21.7. The number of piperazine rings is 1. The Hall–Kier alpha value is -2.69. The number of sulfonamides is 1. The summed E-state index contributed by atoms with van der Waals surface area (Å²) in [7, 11) is -0.301. The summed E-state index contributed by atoms with van der Waals surface area (Å²) in [6.45, 7) is 2.74. The molecule has 0 atom stereocenters. The Morgan fingerprint density at radius 1 is 0.933 bits per heavy atom. The second-order valence-electron chi connectivity index (χ2n) is 7.04. The summed E-state index contributed by atoms with van der Waals surface area (Å²) >= 11 is 0. The largest absolute Gasteiger partial charge is 0.493 e. The van der Waals surface area contributed by atoms with Gasteiger partial charge < -0.3 is 9.47 Å². The van der Waals surface area contributed by atoms with Crippen LogP contribution in [0, 0.1) is 10.1 Å². The molecular weight excluding hydrogens is 410 g/mol. The number of nitro groups is 1. The van der Waals surface area contributed by atoms with E-state index in [0.29, 0.717) is 49.8 Å². The lowest BCUT2D eigenvalue weighted by Crippen LogP contribution is -2.48. The predicted molar refractivity (Wildman–Crippen MR) is 112 cm³/mol. The molecule has 0 aromatic heterocycles. The first-order valence-electron chi connectivity index (χ1n) is 9.47. The Morgan fingerprint density at radius 2 is 1.53 bits per heavy atom. The summed E-state index contributed by atoms with van der Waals surface area (Å²) in [5, 5.41) is 10.7. The molecule has 10 heteroatoms. The SMILES string of the molecule is COc1ccc(CN2CCN(S(=O)(=O)Cc3ccc([N+](=O)[O-])cc3)CC2)cc1OC. The number of hydrogen-bond donors (Lipinski definition) is 0. The van der Waals surface area contributed by atoms with E-state index in [2.05, 4.69) is 4.90 Å². The number of rotatable bonds is 8. The molecule has 1 saturated heterocycles. The maximum Gasteiger partial charge on any atom is 0.269 e. The van der Waals surface area contributed by atoms with Gasteiger partial charge in [0.25, 0.3) is 5.69 Å². The second kappa shape index (κ2) is 9.41. The highest BCUT2D eigenvalue weighted by Gasteiger charge is 2.27. The molecule has 0 bridgehead atoms. The van der Waals surface area contributed by atoms with Gasteiger partial charge in [-0.25, -0.2) is 8.42 Å². The van der Waals surface area contributed by atoms with Crippen molar-refractivity contribution in [2.75, 3.05) is 40.4 Å². The van der Waals surface area contributed by atoms with Crippen LogP contribution in [0.3, 0.4) is 0 Å². The summed E-state index contributed by atoms with van der Waals surface area (Å²) in [6.07, 6.45) is 0. The van der Waals surface area contributed by atoms with Crippen LogP contribution in [0.1, 0.15) is 11.1 Å². The third kappa shape index (κ3) is 5.26. The van der Waals surface area contributed by atoms with Crippen molar-refractivity contribution in [3.8, 4) is 11.5 Å². The first kappa shape index (κ1) is 22.0. The van der Waals surface area contributed by atoms with Gasteiger partial charge >= 0.3 is 0 Å². The van der Waals surface area contributed by atoms with Gasteiger partial charge in [-0.15, -0.1) is 0 Å². The van der Waals surface area contributed by atoms with Gasteiger partial charge in [0.05, 0.1) is 24.9 Å². The lowest BCUT2D eigenvalue weighted by atomic mass is 10.1.